The summed E-state index contributed by atoms with van der Waals surface area (Å²) in [5.74, 6) is -0.239. The molecule has 1 aliphatic heterocycles. The first-order valence-corrected chi connectivity index (χ1v) is 9.27. The van der Waals surface area contributed by atoms with Crippen LogP contribution < -0.4 is 10.6 Å². The number of nitrogen functional groups attached to an aromatic ring is 1. The molecule has 4 rings (SSSR count). The first-order chi connectivity index (χ1) is 13.6. The molecule has 1 aromatic heterocycles. The van der Waals surface area contributed by atoms with Crippen LogP contribution in [0.15, 0.2) is 36.4 Å². The van der Waals surface area contributed by atoms with Gasteiger partial charge in [-0.1, -0.05) is 6.07 Å². The minimum absolute atomic E-state index is 0.192. The van der Waals surface area contributed by atoms with Gasteiger partial charge in [-0.15, -0.1) is 0 Å². The van der Waals surface area contributed by atoms with Crippen molar-refractivity contribution in [1.29, 1.82) is 5.41 Å². The number of aromatic nitrogens is 2. The van der Waals surface area contributed by atoms with Crippen molar-refractivity contribution in [2.75, 3.05) is 23.7 Å². The number of carboxylic acids is 1. The Morgan fingerprint density at radius 2 is 1.86 bits per heavy atom. The molecule has 1 fully saturated rings. The van der Waals surface area contributed by atoms with Gasteiger partial charge in [0.05, 0.1) is 16.6 Å². The average molecular weight is 375 g/mol. The van der Waals surface area contributed by atoms with Gasteiger partial charge in [0.1, 0.15) is 5.69 Å². The van der Waals surface area contributed by atoms with E-state index in [0.717, 1.165) is 43.0 Å². The number of nitrogens with zero attached hydrogens (tertiary/aromatic N) is 3. The summed E-state index contributed by atoms with van der Waals surface area (Å²) in [6.45, 7) is 1.77. The second kappa shape index (κ2) is 7.26. The summed E-state index contributed by atoms with van der Waals surface area (Å²) in [5, 5.41) is 16.9. The Labute approximate surface area is 162 Å². The fourth-order valence-electron chi connectivity index (χ4n) is 3.54. The Hall–Kier alpha value is -3.48. The van der Waals surface area contributed by atoms with Crippen molar-refractivity contribution in [2.24, 2.45) is 0 Å². The molecule has 1 saturated heterocycles. The number of piperidine rings is 1. The number of carboxylic acid groups (broad SMARTS) is 1. The van der Waals surface area contributed by atoms with Crippen LogP contribution in [0.1, 0.15) is 35.2 Å². The third-order valence-corrected chi connectivity index (χ3v) is 5.06. The SMILES string of the molecule is N=Cc1cc(-c2nc3ccc(C(=O)O)cc3nc2N2CCCCC2)ccc1N. The van der Waals surface area contributed by atoms with E-state index < -0.39 is 5.97 Å². The number of rotatable bonds is 4. The molecule has 4 N–H and O–H groups in total. The molecule has 0 unspecified atom stereocenters. The molecule has 0 atom stereocenters. The molecule has 2 aromatic carbocycles. The van der Waals surface area contributed by atoms with Crippen molar-refractivity contribution in [1.82, 2.24) is 9.97 Å². The molecule has 0 saturated carbocycles. The van der Waals surface area contributed by atoms with Gasteiger partial charge in [-0.2, -0.15) is 0 Å². The smallest absolute Gasteiger partial charge is 0.335 e. The zero-order valence-electron chi connectivity index (χ0n) is 15.4. The standard InChI is InChI=1S/C21H21N5O2/c22-12-15-10-13(4-6-16(15)23)19-20(26-8-2-1-3-9-26)25-18-11-14(21(27)28)5-7-17(18)24-19/h4-7,10-12,22H,1-3,8-9,23H2,(H,27,28). The van der Waals surface area contributed by atoms with Gasteiger partial charge in [-0.25, -0.2) is 14.8 Å². The minimum atomic E-state index is -0.985. The summed E-state index contributed by atoms with van der Waals surface area (Å²) in [5.41, 5.74) is 10.1. The van der Waals surface area contributed by atoms with Crippen molar-refractivity contribution >= 4 is 34.7 Å². The van der Waals surface area contributed by atoms with Crippen LogP contribution in [0.25, 0.3) is 22.3 Å². The molecular weight excluding hydrogens is 354 g/mol. The number of fused-ring (bicyclic) bond motifs is 1. The van der Waals surface area contributed by atoms with Crippen LogP contribution in [0.4, 0.5) is 11.5 Å². The highest BCUT2D eigenvalue weighted by Gasteiger charge is 2.20. The molecule has 0 aliphatic carbocycles. The number of nitrogens with two attached hydrogens (primary N) is 1. The fourth-order valence-corrected chi connectivity index (χ4v) is 3.54. The molecule has 2 heterocycles. The van der Waals surface area contributed by atoms with E-state index in [1.165, 1.54) is 18.7 Å². The van der Waals surface area contributed by atoms with Gasteiger partial charge in [0, 0.05) is 36.1 Å². The molecule has 0 radical (unpaired) electrons. The zero-order valence-corrected chi connectivity index (χ0v) is 15.4. The molecule has 0 spiro atoms. The molecule has 142 valence electrons. The first kappa shape index (κ1) is 17.9. The predicted octanol–water partition coefficient (Wildman–Crippen LogP) is 3.57. The highest BCUT2D eigenvalue weighted by molar-refractivity contribution is 5.94. The maximum absolute atomic E-state index is 11.3. The lowest BCUT2D eigenvalue weighted by Crippen LogP contribution is -2.31. The van der Waals surface area contributed by atoms with Gasteiger partial charge in [-0.05, 0) is 49.6 Å². The Balaban J connectivity index is 1.93. The number of aromatic carboxylic acids is 1. The Bertz CT molecular complexity index is 1070. The monoisotopic (exact) mass is 375 g/mol. The summed E-state index contributed by atoms with van der Waals surface area (Å²) in [6.07, 6.45) is 4.59. The zero-order chi connectivity index (χ0) is 19.7. The lowest BCUT2D eigenvalue weighted by molar-refractivity contribution is 0.0697. The molecule has 28 heavy (non-hydrogen) atoms. The Morgan fingerprint density at radius 1 is 1.07 bits per heavy atom. The van der Waals surface area contributed by atoms with E-state index in [1.54, 1.807) is 18.2 Å². The highest BCUT2D eigenvalue weighted by Crippen LogP contribution is 2.33. The molecule has 7 nitrogen and oxygen atoms in total. The van der Waals surface area contributed by atoms with Crippen molar-refractivity contribution in [3.8, 4) is 11.3 Å². The van der Waals surface area contributed by atoms with Crippen LogP contribution in [0, 0.1) is 5.41 Å². The van der Waals surface area contributed by atoms with E-state index >= 15 is 0 Å². The predicted molar refractivity (Wildman–Crippen MR) is 110 cm³/mol. The fraction of sp³-hybridized carbons (Fsp3) is 0.238. The van der Waals surface area contributed by atoms with Gasteiger partial charge in [0.2, 0.25) is 0 Å². The molecule has 0 bridgehead atoms. The summed E-state index contributed by atoms with van der Waals surface area (Å²) in [6, 6.07) is 10.3. The molecule has 3 aromatic rings. The van der Waals surface area contributed by atoms with Crippen LogP contribution in [0.5, 0.6) is 0 Å². The molecule has 7 heteroatoms. The van der Waals surface area contributed by atoms with E-state index in [1.807, 2.05) is 12.1 Å². The summed E-state index contributed by atoms with van der Waals surface area (Å²) in [4.78, 5) is 23.2. The quantitative estimate of drug-likeness (QED) is 0.474. The average Bonchev–Trinajstić information content (AvgIpc) is 2.73. The Kier molecular flexibility index (Phi) is 4.65. The molecule has 0 amide bonds. The van der Waals surface area contributed by atoms with Gasteiger partial charge < -0.3 is 21.1 Å². The van der Waals surface area contributed by atoms with Gasteiger partial charge in [0.25, 0.3) is 0 Å². The summed E-state index contributed by atoms with van der Waals surface area (Å²) < 4.78 is 0. The lowest BCUT2D eigenvalue weighted by atomic mass is 10.0. The molecular formula is C21H21N5O2. The van der Waals surface area contributed by atoms with Crippen molar-refractivity contribution in [2.45, 2.75) is 19.3 Å². The number of carbonyl (C=O) groups is 1. The van der Waals surface area contributed by atoms with Crippen LogP contribution in [-0.4, -0.2) is 40.3 Å². The van der Waals surface area contributed by atoms with E-state index in [9.17, 15) is 9.90 Å². The van der Waals surface area contributed by atoms with Crippen molar-refractivity contribution in [3.05, 3.63) is 47.5 Å². The third kappa shape index (κ3) is 3.26. The van der Waals surface area contributed by atoms with Crippen molar-refractivity contribution < 1.29 is 9.90 Å². The summed E-state index contributed by atoms with van der Waals surface area (Å²) in [7, 11) is 0. The van der Waals surface area contributed by atoms with E-state index in [-0.39, 0.29) is 5.56 Å². The van der Waals surface area contributed by atoms with Crippen LogP contribution in [-0.2, 0) is 0 Å². The minimum Gasteiger partial charge on any atom is -0.478 e. The van der Waals surface area contributed by atoms with Crippen LogP contribution in [0.2, 0.25) is 0 Å². The lowest BCUT2D eigenvalue weighted by Gasteiger charge is -2.29. The van der Waals surface area contributed by atoms with Crippen LogP contribution in [0.3, 0.4) is 0 Å². The number of hydrogen-bond donors (Lipinski definition) is 3. The maximum atomic E-state index is 11.3. The van der Waals surface area contributed by atoms with Crippen LogP contribution >= 0.6 is 0 Å². The van der Waals surface area contributed by atoms with Gasteiger partial charge in [-0.3, -0.25) is 0 Å². The first-order valence-electron chi connectivity index (χ1n) is 9.27. The van der Waals surface area contributed by atoms with Crippen molar-refractivity contribution in [3.63, 3.8) is 0 Å². The number of benzene rings is 2. The second-order valence-corrected chi connectivity index (χ2v) is 6.94. The third-order valence-electron chi connectivity index (χ3n) is 5.06. The highest BCUT2D eigenvalue weighted by atomic mass is 16.4. The number of nitrogens with one attached hydrogen (secondary N) is 1. The Morgan fingerprint density at radius 3 is 2.57 bits per heavy atom. The van der Waals surface area contributed by atoms with E-state index in [4.69, 9.17) is 21.1 Å². The molecule has 1 aliphatic rings. The normalized spacial score (nSPS) is 14.2. The van der Waals surface area contributed by atoms with E-state index in [2.05, 4.69) is 4.90 Å². The second-order valence-electron chi connectivity index (χ2n) is 6.94. The number of hydrogen-bond acceptors (Lipinski definition) is 6. The van der Waals surface area contributed by atoms with Gasteiger partial charge >= 0.3 is 5.97 Å². The topological polar surface area (TPSA) is 116 Å². The number of anilines is 2. The largest absolute Gasteiger partial charge is 0.478 e. The van der Waals surface area contributed by atoms with Gasteiger partial charge in [0.15, 0.2) is 5.82 Å². The summed E-state index contributed by atoms with van der Waals surface area (Å²) >= 11 is 0. The maximum Gasteiger partial charge on any atom is 0.335 e. The van der Waals surface area contributed by atoms with E-state index in [0.29, 0.717) is 22.3 Å².